The number of aliphatic hydroxyl groups is 1. The van der Waals surface area contributed by atoms with Crippen LogP contribution in [0.1, 0.15) is 36.0 Å². The maximum atomic E-state index is 9.51. The summed E-state index contributed by atoms with van der Waals surface area (Å²) in [5.74, 6) is 1.41. The zero-order valence-electron chi connectivity index (χ0n) is 22.7. The molecule has 0 bridgehead atoms. The molecule has 0 aliphatic carbocycles. The molecule has 1 aliphatic rings. The number of hydrogen-bond donors (Lipinski definition) is 2. The molecule has 3 N–H and O–H groups in total. The molecule has 6 nitrogen and oxygen atoms in total. The van der Waals surface area contributed by atoms with E-state index in [9.17, 15) is 5.11 Å². The average molecular weight is 565 g/mol. The summed E-state index contributed by atoms with van der Waals surface area (Å²) in [4.78, 5) is 4.92. The fourth-order valence-corrected chi connectivity index (χ4v) is 6.10. The van der Waals surface area contributed by atoms with Gasteiger partial charge in [0.05, 0.1) is 18.8 Å². The zero-order chi connectivity index (χ0) is 28.2. The van der Waals surface area contributed by atoms with Crippen LogP contribution in [0.2, 0.25) is 0 Å². The lowest BCUT2D eigenvalue weighted by Gasteiger charge is -2.41. The molecule has 0 unspecified atom stereocenters. The monoisotopic (exact) mass is 564 g/mol. The molecule has 1 aromatic heterocycles. The molecule has 4 atom stereocenters. The van der Waals surface area contributed by atoms with E-state index >= 15 is 0 Å². The van der Waals surface area contributed by atoms with E-state index in [1.54, 1.807) is 11.8 Å². The molecular weight excluding hydrogens is 532 g/mol. The van der Waals surface area contributed by atoms with Crippen LogP contribution in [0.25, 0.3) is 22.6 Å². The van der Waals surface area contributed by atoms with Crippen LogP contribution in [0.4, 0.5) is 5.69 Å². The Hall–Kier alpha value is -3.88. The van der Waals surface area contributed by atoms with E-state index in [1.807, 2.05) is 109 Å². The first kappa shape index (κ1) is 27.3. The average Bonchev–Trinajstić information content (AvgIpc) is 3.46. The van der Waals surface area contributed by atoms with Gasteiger partial charge in [-0.1, -0.05) is 116 Å². The third-order valence-corrected chi connectivity index (χ3v) is 8.28. The number of hydrogen-bond acceptors (Lipinski definition) is 7. The predicted octanol–water partition coefficient (Wildman–Crippen LogP) is 7.67. The molecular formula is C34H32N2O4S. The Morgan fingerprint density at radius 3 is 2.20 bits per heavy atom. The molecule has 1 aliphatic heterocycles. The number of thioether (sulfide) groups is 1. The van der Waals surface area contributed by atoms with Crippen molar-refractivity contribution in [3.8, 4) is 22.6 Å². The summed E-state index contributed by atoms with van der Waals surface area (Å²) >= 11 is 1.54. The summed E-state index contributed by atoms with van der Waals surface area (Å²) in [6.07, 6.45) is -0.945. The van der Waals surface area contributed by atoms with Crippen LogP contribution in [-0.2, 0) is 16.1 Å². The number of anilines is 1. The molecule has 0 saturated carbocycles. The van der Waals surface area contributed by atoms with Crippen molar-refractivity contribution in [2.24, 2.45) is 5.92 Å². The summed E-state index contributed by atoms with van der Waals surface area (Å²) in [6, 6.07) is 35.7. The van der Waals surface area contributed by atoms with Crippen molar-refractivity contribution >= 4 is 17.4 Å². The zero-order valence-corrected chi connectivity index (χ0v) is 23.5. The summed E-state index contributed by atoms with van der Waals surface area (Å²) in [6.45, 7) is 2.15. The van der Waals surface area contributed by atoms with Crippen molar-refractivity contribution in [1.82, 2.24) is 4.98 Å². The van der Waals surface area contributed by atoms with Crippen molar-refractivity contribution in [3.05, 3.63) is 126 Å². The summed E-state index contributed by atoms with van der Waals surface area (Å²) in [7, 11) is 0. The number of nitrogens with zero attached hydrogens (tertiary/aromatic N) is 1. The number of aromatic nitrogens is 1. The Kier molecular flexibility index (Phi) is 8.21. The van der Waals surface area contributed by atoms with Gasteiger partial charge in [-0.2, -0.15) is 0 Å². The van der Waals surface area contributed by atoms with E-state index in [-0.39, 0.29) is 24.7 Å². The Balaban J connectivity index is 1.28. The smallest absolute Gasteiger partial charge is 0.256 e. The Morgan fingerprint density at radius 2 is 1.51 bits per heavy atom. The van der Waals surface area contributed by atoms with Crippen LogP contribution in [0.5, 0.6) is 0 Å². The SMILES string of the molecule is C[C@@H]1[C@H](CSc2nc(-c3ccccc3)c(-c3ccccc3)o2)O[C@H](c2cccc(N)c2)O[C@@H]1c1ccc(CO)cc1. The van der Waals surface area contributed by atoms with E-state index in [2.05, 4.69) is 6.92 Å². The maximum Gasteiger partial charge on any atom is 0.256 e. The topological polar surface area (TPSA) is 90.7 Å². The highest BCUT2D eigenvalue weighted by molar-refractivity contribution is 7.99. The van der Waals surface area contributed by atoms with Crippen LogP contribution in [0.3, 0.4) is 0 Å². The van der Waals surface area contributed by atoms with Crippen molar-refractivity contribution in [2.45, 2.75) is 37.3 Å². The number of nitrogens with two attached hydrogens (primary N) is 1. The Morgan fingerprint density at radius 1 is 0.805 bits per heavy atom. The van der Waals surface area contributed by atoms with E-state index < -0.39 is 6.29 Å². The van der Waals surface area contributed by atoms with Gasteiger partial charge in [0.1, 0.15) is 5.69 Å². The van der Waals surface area contributed by atoms with Crippen LogP contribution < -0.4 is 5.73 Å². The van der Waals surface area contributed by atoms with Crippen LogP contribution in [0, 0.1) is 5.92 Å². The van der Waals surface area contributed by atoms with Gasteiger partial charge in [-0.15, -0.1) is 0 Å². The van der Waals surface area contributed by atoms with E-state index in [4.69, 9.17) is 24.6 Å². The minimum absolute atomic E-state index is 0.00172. The third kappa shape index (κ3) is 6.09. The van der Waals surface area contributed by atoms with E-state index in [1.165, 1.54) is 0 Å². The molecule has 1 saturated heterocycles. The second-order valence-corrected chi connectivity index (χ2v) is 11.2. The van der Waals surface area contributed by atoms with Gasteiger partial charge >= 0.3 is 0 Å². The third-order valence-electron chi connectivity index (χ3n) is 7.37. The molecule has 7 heteroatoms. The number of oxazole rings is 1. The molecule has 6 rings (SSSR count). The van der Waals surface area contributed by atoms with Crippen molar-refractivity contribution in [2.75, 3.05) is 11.5 Å². The molecule has 0 amide bonds. The second kappa shape index (κ2) is 12.3. The number of rotatable bonds is 8. The van der Waals surface area contributed by atoms with Gasteiger partial charge in [0.15, 0.2) is 12.1 Å². The largest absolute Gasteiger partial charge is 0.431 e. The first-order chi connectivity index (χ1) is 20.1. The van der Waals surface area contributed by atoms with Crippen molar-refractivity contribution < 1.29 is 19.0 Å². The van der Waals surface area contributed by atoms with Gasteiger partial charge in [-0.3, -0.25) is 0 Å². The van der Waals surface area contributed by atoms with Crippen LogP contribution in [0.15, 0.2) is 119 Å². The highest BCUT2D eigenvalue weighted by Gasteiger charge is 2.38. The Bertz CT molecular complexity index is 1520. The number of aliphatic hydroxyl groups excluding tert-OH is 1. The predicted molar refractivity (Wildman–Crippen MR) is 162 cm³/mol. The Labute approximate surface area is 244 Å². The highest BCUT2D eigenvalue weighted by atomic mass is 32.2. The normalized spacial score (nSPS) is 20.6. The van der Waals surface area contributed by atoms with Crippen molar-refractivity contribution in [1.29, 1.82) is 0 Å². The van der Waals surface area contributed by atoms with Crippen molar-refractivity contribution in [3.63, 3.8) is 0 Å². The van der Waals surface area contributed by atoms with Crippen LogP contribution >= 0.6 is 11.8 Å². The minimum atomic E-state index is -0.577. The molecule has 4 aromatic carbocycles. The lowest BCUT2D eigenvalue weighted by Crippen LogP contribution is -2.38. The van der Waals surface area contributed by atoms with Gasteiger partial charge in [-0.05, 0) is 23.3 Å². The molecule has 41 heavy (non-hydrogen) atoms. The van der Waals surface area contributed by atoms with E-state index in [0.717, 1.165) is 39.3 Å². The first-order valence-electron chi connectivity index (χ1n) is 13.7. The summed E-state index contributed by atoms with van der Waals surface area (Å²) in [5, 5.41) is 10.1. The lowest BCUT2D eigenvalue weighted by molar-refractivity contribution is -0.268. The molecule has 5 aromatic rings. The highest BCUT2D eigenvalue weighted by Crippen LogP contribution is 2.44. The van der Waals surface area contributed by atoms with Gasteiger partial charge < -0.3 is 24.7 Å². The lowest BCUT2D eigenvalue weighted by atomic mass is 9.91. The van der Waals surface area contributed by atoms with Gasteiger partial charge in [0.2, 0.25) is 0 Å². The summed E-state index contributed by atoms with van der Waals surface area (Å²) in [5.41, 5.74) is 12.3. The fourth-order valence-electron chi connectivity index (χ4n) is 5.11. The fraction of sp³-hybridized carbons (Fsp3) is 0.206. The number of benzene rings is 4. The summed E-state index contributed by atoms with van der Waals surface area (Å²) < 4.78 is 19.5. The molecule has 0 spiro atoms. The quantitative estimate of drug-likeness (QED) is 0.148. The minimum Gasteiger partial charge on any atom is -0.431 e. The number of ether oxygens (including phenoxy) is 2. The molecule has 0 radical (unpaired) electrons. The molecule has 2 heterocycles. The van der Waals surface area contributed by atoms with E-state index in [0.29, 0.717) is 16.7 Å². The maximum absolute atomic E-state index is 9.51. The van der Waals surface area contributed by atoms with Gasteiger partial charge in [-0.25, -0.2) is 4.98 Å². The standard InChI is InChI=1S/C34H32N2O4S/c1-22-29(21-41-34-36-30(24-9-4-2-5-10-24)32(40-34)25-11-6-3-7-12-25)38-33(27-13-8-14-28(35)19-27)39-31(22)26-17-15-23(20-37)16-18-26/h2-19,22,29,31,33,37H,20-21,35H2,1H3/t22-,29+,31+,33+/m1/s1. The molecule has 1 fully saturated rings. The first-order valence-corrected chi connectivity index (χ1v) is 14.7. The van der Waals surface area contributed by atoms with Gasteiger partial charge in [0.25, 0.3) is 5.22 Å². The molecule has 208 valence electrons. The van der Waals surface area contributed by atoms with Crippen LogP contribution in [-0.4, -0.2) is 21.9 Å². The van der Waals surface area contributed by atoms with Gasteiger partial charge in [0, 0.05) is 34.0 Å². The number of nitrogen functional groups attached to an aromatic ring is 1. The second-order valence-electron chi connectivity index (χ2n) is 10.2.